The SMILES string of the molecule is CC(C)OC(=O)C(C)(C(=O)OC(C)C)c1ccc([N+](=O)[O-])c(F)c1. The fraction of sp³-hybridized carbons (Fsp3) is 0.500. The van der Waals surface area contributed by atoms with Gasteiger partial charge < -0.3 is 9.47 Å². The normalized spacial score (nSPS) is 11.5. The van der Waals surface area contributed by atoms with Crippen LogP contribution >= 0.6 is 0 Å². The Bertz CT molecular complexity index is 634. The molecule has 0 aromatic heterocycles. The van der Waals surface area contributed by atoms with Crippen molar-refractivity contribution < 1.29 is 28.4 Å². The highest BCUT2D eigenvalue weighted by molar-refractivity contribution is 6.06. The number of carbonyl (C=O) groups is 2. The Kier molecular flexibility index (Phi) is 6.00. The van der Waals surface area contributed by atoms with Crippen molar-refractivity contribution in [2.75, 3.05) is 0 Å². The number of nitro groups is 1. The average Bonchev–Trinajstić information content (AvgIpc) is 2.44. The standard InChI is InChI=1S/C16H20FNO6/c1-9(2)23-14(19)16(5,15(20)24-10(3)4)11-6-7-13(18(21)22)12(17)8-11/h6-10H,1-5H3. The number of nitro benzene ring substituents is 1. The molecule has 0 saturated carbocycles. The first kappa shape index (κ1) is 19.5. The van der Waals surface area contributed by atoms with Crippen LogP contribution in [0.2, 0.25) is 0 Å². The molecule has 24 heavy (non-hydrogen) atoms. The van der Waals surface area contributed by atoms with E-state index in [2.05, 4.69) is 0 Å². The van der Waals surface area contributed by atoms with Crippen molar-refractivity contribution in [2.24, 2.45) is 0 Å². The van der Waals surface area contributed by atoms with Gasteiger partial charge in [-0.1, -0.05) is 6.07 Å². The first-order valence-corrected chi connectivity index (χ1v) is 7.36. The van der Waals surface area contributed by atoms with Crippen LogP contribution in [0.15, 0.2) is 18.2 Å². The van der Waals surface area contributed by atoms with E-state index in [1.807, 2.05) is 0 Å². The quantitative estimate of drug-likeness (QED) is 0.342. The van der Waals surface area contributed by atoms with Crippen LogP contribution < -0.4 is 0 Å². The molecule has 0 atom stereocenters. The van der Waals surface area contributed by atoms with E-state index in [1.54, 1.807) is 27.7 Å². The minimum Gasteiger partial charge on any atom is -0.462 e. The van der Waals surface area contributed by atoms with E-state index in [0.29, 0.717) is 0 Å². The van der Waals surface area contributed by atoms with Crippen molar-refractivity contribution >= 4 is 17.6 Å². The van der Waals surface area contributed by atoms with E-state index in [9.17, 15) is 24.1 Å². The molecule has 8 heteroatoms. The molecule has 0 aliphatic carbocycles. The molecule has 0 heterocycles. The first-order valence-electron chi connectivity index (χ1n) is 7.36. The Morgan fingerprint density at radius 3 is 1.92 bits per heavy atom. The third kappa shape index (κ3) is 4.06. The van der Waals surface area contributed by atoms with Gasteiger partial charge in [-0.05, 0) is 46.2 Å². The van der Waals surface area contributed by atoms with Crippen LogP contribution in [0.1, 0.15) is 40.2 Å². The highest BCUT2D eigenvalue weighted by atomic mass is 19.1. The second-order valence-electron chi connectivity index (χ2n) is 5.96. The number of nitrogens with zero attached hydrogens (tertiary/aromatic N) is 1. The fourth-order valence-corrected chi connectivity index (χ4v) is 1.95. The van der Waals surface area contributed by atoms with Gasteiger partial charge in [-0.2, -0.15) is 4.39 Å². The highest BCUT2D eigenvalue weighted by Crippen LogP contribution is 2.31. The van der Waals surface area contributed by atoms with Crippen molar-refractivity contribution in [2.45, 2.75) is 52.2 Å². The van der Waals surface area contributed by atoms with Crippen molar-refractivity contribution in [3.8, 4) is 0 Å². The molecule has 0 aliphatic heterocycles. The summed E-state index contributed by atoms with van der Waals surface area (Å²) in [7, 11) is 0. The first-order chi connectivity index (χ1) is 11.0. The molecular formula is C16H20FNO6. The molecule has 0 N–H and O–H groups in total. The van der Waals surface area contributed by atoms with Gasteiger partial charge in [-0.25, -0.2) is 0 Å². The molecule has 1 aromatic rings. The van der Waals surface area contributed by atoms with E-state index in [0.717, 1.165) is 18.2 Å². The van der Waals surface area contributed by atoms with Gasteiger partial charge in [0.2, 0.25) is 5.82 Å². The molecule has 0 fully saturated rings. The number of rotatable bonds is 6. The topological polar surface area (TPSA) is 95.7 Å². The van der Waals surface area contributed by atoms with Crippen molar-refractivity contribution in [1.82, 2.24) is 0 Å². The fourth-order valence-electron chi connectivity index (χ4n) is 1.95. The summed E-state index contributed by atoms with van der Waals surface area (Å²) in [6.45, 7) is 7.64. The minimum atomic E-state index is -1.94. The molecule has 0 aliphatic rings. The van der Waals surface area contributed by atoms with E-state index in [1.165, 1.54) is 6.92 Å². The van der Waals surface area contributed by atoms with E-state index in [-0.39, 0.29) is 5.56 Å². The maximum atomic E-state index is 13.9. The van der Waals surface area contributed by atoms with Crippen molar-refractivity contribution in [3.05, 3.63) is 39.7 Å². The molecule has 132 valence electrons. The zero-order valence-corrected chi connectivity index (χ0v) is 14.2. The summed E-state index contributed by atoms with van der Waals surface area (Å²) in [5.74, 6) is -2.99. The summed E-state index contributed by atoms with van der Waals surface area (Å²) in [5, 5.41) is 10.7. The molecule has 0 amide bonds. The number of ether oxygens (including phenoxy) is 2. The Hall–Kier alpha value is -2.51. The third-order valence-electron chi connectivity index (χ3n) is 3.22. The van der Waals surface area contributed by atoms with E-state index < -0.39 is 46.0 Å². The van der Waals surface area contributed by atoms with Gasteiger partial charge in [-0.15, -0.1) is 0 Å². The predicted molar refractivity (Wildman–Crippen MR) is 82.9 cm³/mol. The van der Waals surface area contributed by atoms with Crippen LogP contribution in [0.3, 0.4) is 0 Å². The lowest BCUT2D eigenvalue weighted by molar-refractivity contribution is -0.387. The van der Waals surface area contributed by atoms with Gasteiger partial charge in [0.1, 0.15) is 0 Å². The monoisotopic (exact) mass is 341 g/mol. The van der Waals surface area contributed by atoms with Crippen LogP contribution in [0, 0.1) is 15.9 Å². The maximum Gasteiger partial charge on any atom is 0.328 e. The Morgan fingerprint density at radius 1 is 1.12 bits per heavy atom. The number of hydrogen-bond donors (Lipinski definition) is 0. The van der Waals surface area contributed by atoms with Crippen molar-refractivity contribution in [3.63, 3.8) is 0 Å². The molecule has 1 aromatic carbocycles. The van der Waals surface area contributed by atoms with E-state index >= 15 is 0 Å². The van der Waals surface area contributed by atoms with Crippen molar-refractivity contribution in [1.29, 1.82) is 0 Å². The second-order valence-corrected chi connectivity index (χ2v) is 5.96. The number of halogens is 1. The van der Waals surface area contributed by atoms with Gasteiger partial charge in [0.05, 0.1) is 17.1 Å². The van der Waals surface area contributed by atoms with Gasteiger partial charge >= 0.3 is 17.6 Å². The number of carbonyl (C=O) groups excluding carboxylic acids is 2. The molecule has 0 radical (unpaired) electrons. The highest BCUT2D eigenvalue weighted by Gasteiger charge is 2.47. The summed E-state index contributed by atoms with van der Waals surface area (Å²) in [6, 6.07) is 2.82. The van der Waals surface area contributed by atoms with Crippen LogP contribution in [0.25, 0.3) is 0 Å². The number of esters is 2. The van der Waals surface area contributed by atoms with Gasteiger partial charge in [0.25, 0.3) is 0 Å². The summed E-state index contributed by atoms with van der Waals surface area (Å²) in [4.78, 5) is 34.7. The molecule has 1 rings (SSSR count). The van der Waals surface area contributed by atoms with Crippen LogP contribution in [0.4, 0.5) is 10.1 Å². The van der Waals surface area contributed by atoms with Crippen LogP contribution in [-0.4, -0.2) is 29.1 Å². The Morgan fingerprint density at radius 2 is 1.58 bits per heavy atom. The lowest BCUT2D eigenvalue weighted by Gasteiger charge is -2.27. The minimum absolute atomic E-state index is 0.0816. The van der Waals surface area contributed by atoms with Gasteiger partial charge in [0, 0.05) is 6.07 Å². The Labute approximate surface area is 138 Å². The van der Waals surface area contributed by atoms with Crippen LogP contribution in [0.5, 0.6) is 0 Å². The Balaban J connectivity index is 3.42. The van der Waals surface area contributed by atoms with Crippen LogP contribution in [-0.2, 0) is 24.5 Å². The molecule has 0 bridgehead atoms. The predicted octanol–water partition coefficient (Wildman–Crippen LogP) is 2.89. The second kappa shape index (κ2) is 7.37. The van der Waals surface area contributed by atoms with E-state index in [4.69, 9.17) is 9.47 Å². The average molecular weight is 341 g/mol. The molecule has 0 spiro atoms. The molecule has 7 nitrogen and oxygen atoms in total. The summed E-state index contributed by atoms with van der Waals surface area (Å²) < 4.78 is 24.1. The summed E-state index contributed by atoms with van der Waals surface area (Å²) in [5.41, 5.74) is -2.78. The summed E-state index contributed by atoms with van der Waals surface area (Å²) in [6.07, 6.45) is -1.02. The number of benzene rings is 1. The lowest BCUT2D eigenvalue weighted by Crippen LogP contribution is -2.45. The molecular weight excluding hydrogens is 321 g/mol. The smallest absolute Gasteiger partial charge is 0.328 e. The zero-order chi connectivity index (χ0) is 18.7. The maximum absolute atomic E-state index is 13.9. The zero-order valence-electron chi connectivity index (χ0n) is 14.2. The largest absolute Gasteiger partial charge is 0.462 e. The van der Waals surface area contributed by atoms with Gasteiger partial charge in [0.15, 0.2) is 5.41 Å². The third-order valence-corrected chi connectivity index (χ3v) is 3.22. The molecule has 0 saturated heterocycles. The lowest BCUT2D eigenvalue weighted by atomic mass is 9.82. The number of hydrogen-bond acceptors (Lipinski definition) is 6. The summed E-state index contributed by atoms with van der Waals surface area (Å²) >= 11 is 0. The molecule has 0 unspecified atom stereocenters. The van der Waals surface area contributed by atoms with Gasteiger partial charge in [-0.3, -0.25) is 19.7 Å².